The van der Waals surface area contributed by atoms with Crippen molar-refractivity contribution < 1.29 is 19.1 Å². The number of nitrogens with two attached hydrogens (primary N) is 1. The molecule has 8 nitrogen and oxygen atoms in total. The smallest absolute Gasteiger partial charge is 0.332 e. The molecule has 0 radical (unpaired) electrons. The van der Waals surface area contributed by atoms with Crippen LogP contribution < -0.4 is 25.9 Å². The van der Waals surface area contributed by atoms with Crippen LogP contribution in [0.15, 0.2) is 53.6 Å². The predicted octanol–water partition coefficient (Wildman–Crippen LogP) is 1.71. The maximum absolute atomic E-state index is 12.1. The number of urea groups is 1. The predicted molar refractivity (Wildman–Crippen MR) is 93.9 cm³/mol. The van der Waals surface area contributed by atoms with Crippen molar-refractivity contribution in [2.24, 2.45) is 10.8 Å². The number of ether oxygens (including phenoxy) is 2. The molecule has 2 aromatic rings. The molecule has 0 saturated heterocycles. The van der Waals surface area contributed by atoms with Gasteiger partial charge in [-0.2, -0.15) is 5.10 Å². The van der Waals surface area contributed by atoms with Crippen LogP contribution in [0.5, 0.6) is 11.5 Å². The van der Waals surface area contributed by atoms with Gasteiger partial charge in [0.25, 0.3) is 5.91 Å². The number of primary amides is 1. The average molecular weight is 342 g/mol. The van der Waals surface area contributed by atoms with Crippen LogP contribution in [0.3, 0.4) is 0 Å². The van der Waals surface area contributed by atoms with Crippen molar-refractivity contribution in [1.29, 1.82) is 0 Å². The van der Waals surface area contributed by atoms with Crippen LogP contribution in [0.4, 0.5) is 10.5 Å². The molecule has 0 spiro atoms. The molecule has 0 aliphatic heterocycles. The number of hydrogen-bond donors (Lipinski definition) is 3. The zero-order valence-electron chi connectivity index (χ0n) is 13.6. The number of hydrogen-bond acceptors (Lipinski definition) is 5. The van der Waals surface area contributed by atoms with Gasteiger partial charge in [0.1, 0.15) is 11.5 Å². The number of anilines is 1. The van der Waals surface area contributed by atoms with E-state index >= 15 is 0 Å². The Morgan fingerprint density at radius 3 is 2.52 bits per heavy atom. The van der Waals surface area contributed by atoms with E-state index in [4.69, 9.17) is 15.2 Å². The summed E-state index contributed by atoms with van der Waals surface area (Å²) >= 11 is 0. The number of amides is 3. The van der Waals surface area contributed by atoms with Crippen molar-refractivity contribution in [2.45, 2.75) is 0 Å². The summed E-state index contributed by atoms with van der Waals surface area (Å²) in [6.07, 6.45) is 1.37. The van der Waals surface area contributed by atoms with E-state index < -0.39 is 6.03 Å². The normalized spacial score (nSPS) is 10.3. The van der Waals surface area contributed by atoms with Gasteiger partial charge in [-0.3, -0.25) is 4.79 Å². The lowest BCUT2D eigenvalue weighted by atomic mass is 10.2. The fourth-order valence-corrected chi connectivity index (χ4v) is 1.96. The number of nitrogens with one attached hydrogen (secondary N) is 2. The highest BCUT2D eigenvalue weighted by Gasteiger charge is 2.09. The van der Waals surface area contributed by atoms with Crippen molar-refractivity contribution in [3.05, 3.63) is 54.1 Å². The second-order valence-electron chi connectivity index (χ2n) is 4.81. The highest BCUT2D eigenvalue weighted by molar-refractivity contribution is 5.93. The number of hydrazone groups is 1. The highest BCUT2D eigenvalue weighted by atomic mass is 16.5. The van der Waals surface area contributed by atoms with Crippen LogP contribution in [0.1, 0.15) is 5.56 Å². The molecule has 0 aliphatic rings. The number of benzene rings is 2. The molecule has 0 heterocycles. The summed E-state index contributed by atoms with van der Waals surface area (Å²) in [6, 6.07) is 13.2. The molecule has 0 unspecified atom stereocenters. The Balaban J connectivity index is 1.98. The molecule has 4 N–H and O–H groups in total. The summed E-state index contributed by atoms with van der Waals surface area (Å²) in [5, 5.41) is 6.39. The van der Waals surface area contributed by atoms with Gasteiger partial charge in [0.15, 0.2) is 6.61 Å². The van der Waals surface area contributed by atoms with Gasteiger partial charge in [0, 0.05) is 5.56 Å². The van der Waals surface area contributed by atoms with Gasteiger partial charge in [-0.25, -0.2) is 10.2 Å². The first-order valence-electron chi connectivity index (χ1n) is 7.33. The maximum Gasteiger partial charge on any atom is 0.332 e. The van der Waals surface area contributed by atoms with E-state index in [2.05, 4.69) is 15.8 Å². The zero-order valence-corrected chi connectivity index (χ0v) is 13.6. The van der Waals surface area contributed by atoms with Gasteiger partial charge in [-0.05, 0) is 24.3 Å². The van der Waals surface area contributed by atoms with E-state index in [1.54, 1.807) is 48.5 Å². The minimum absolute atomic E-state index is 0.202. The van der Waals surface area contributed by atoms with E-state index in [1.807, 2.05) is 0 Å². The quantitative estimate of drug-likeness (QED) is 0.525. The van der Waals surface area contributed by atoms with Crippen LogP contribution in [-0.2, 0) is 4.79 Å². The number of methoxy groups -OCH3 is 1. The van der Waals surface area contributed by atoms with E-state index in [0.717, 1.165) is 0 Å². The molecule has 0 bridgehead atoms. The number of rotatable bonds is 7. The van der Waals surface area contributed by atoms with Crippen molar-refractivity contribution in [1.82, 2.24) is 5.43 Å². The van der Waals surface area contributed by atoms with E-state index in [-0.39, 0.29) is 12.5 Å². The molecule has 0 aliphatic carbocycles. The first-order valence-corrected chi connectivity index (χ1v) is 7.33. The third-order valence-electron chi connectivity index (χ3n) is 3.04. The van der Waals surface area contributed by atoms with Crippen molar-refractivity contribution in [3.8, 4) is 11.5 Å². The van der Waals surface area contributed by atoms with Crippen LogP contribution in [0.2, 0.25) is 0 Å². The Labute approximate surface area is 144 Å². The molecule has 2 aromatic carbocycles. The van der Waals surface area contributed by atoms with Gasteiger partial charge < -0.3 is 20.5 Å². The minimum Gasteiger partial charge on any atom is -0.495 e. The molecule has 25 heavy (non-hydrogen) atoms. The van der Waals surface area contributed by atoms with Crippen molar-refractivity contribution in [2.75, 3.05) is 19.0 Å². The second-order valence-corrected chi connectivity index (χ2v) is 4.81. The Hall–Kier alpha value is -3.55. The fraction of sp³-hybridized carbons (Fsp3) is 0.118. The molecule has 0 aromatic heterocycles. The third-order valence-corrected chi connectivity index (χ3v) is 3.04. The maximum atomic E-state index is 12.1. The second kappa shape index (κ2) is 8.92. The van der Waals surface area contributed by atoms with Crippen LogP contribution in [0, 0.1) is 0 Å². The fourth-order valence-electron chi connectivity index (χ4n) is 1.96. The molecule has 0 fully saturated rings. The first-order chi connectivity index (χ1) is 12.1. The van der Waals surface area contributed by atoms with Crippen LogP contribution in [-0.4, -0.2) is 31.9 Å². The molecule has 8 heteroatoms. The van der Waals surface area contributed by atoms with E-state index in [1.165, 1.54) is 13.3 Å². The number of nitrogens with zero attached hydrogens (tertiary/aromatic N) is 1. The Kier molecular flexibility index (Phi) is 6.35. The molecule has 2 rings (SSSR count). The lowest BCUT2D eigenvalue weighted by Crippen LogP contribution is -2.24. The van der Waals surface area contributed by atoms with E-state index in [0.29, 0.717) is 22.7 Å². The summed E-state index contributed by atoms with van der Waals surface area (Å²) in [7, 11) is 1.52. The number of carbonyl (C=O) groups excluding carboxylic acids is 2. The molecular weight excluding hydrogens is 324 g/mol. The Morgan fingerprint density at radius 1 is 1.12 bits per heavy atom. The topological polar surface area (TPSA) is 115 Å². The highest BCUT2D eigenvalue weighted by Crippen LogP contribution is 2.23. The monoisotopic (exact) mass is 342 g/mol. The van der Waals surface area contributed by atoms with Gasteiger partial charge in [0.2, 0.25) is 0 Å². The van der Waals surface area contributed by atoms with Crippen LogP contribution >= 0.6 is 0 Å². The summed E-state index contributed by atoms with van der Waals surface area (Å²) in [4.78, 5) is 22.7. The van der Waals surface area contributed by atoms with Gasteiger partial charge in [0.05, 0.1) is 19.0 Å². The van der Waals surface area contributed by atoms with Crippen molar-refractivity contribution in [3.63, 3.8) is 0 Å². The number of para-hydroxylation sites is 3. The summed E-state index contributed by atoms with van der Waals surface area (Å²) in [6.45, 7) is -0.202. The standard InChI is InChI=1S/C17H18N4O4/c1-24-15-9-5-3-7-13(15)20-16(22)11-25-14-8-4-2-6-12(14)10-19-21-17(18)23/h2-10H,11H2,1H3,(H,20,22)(H3,18,21,23)/b19-10+. The summed E-state index contributed by atoms with van der Waals surface area (Å²) < 4.78 is 10.7. The molecular formula is C17H18N4O4. The summed E-state index contributed by atoms with van der Waals surface area (Å²) in [5.74, 6) is 0.653. The lowest BCUT2D eigenvalue weighted by Gasteiger charge is -2.11. The lowest BCUT2D eigenvalue weighted by molar-refractivity contribution is -0.118. The minimum atomic E-state index is -0.772. The SMILES string of the molecule is COc1ccccc1NC(=O)COc1ccccc1/C=N/NC(N)=O. The Morgan fingerprint density at radius 2 is 1.80 bits per heavy atom. The molecule has 3 amide bonds. The molecule has 0 atom stereocenters. The molecule has 130 valence electrons. The summed E-state index contributed by atoms with van der Waals surface area (Å²) in [5.41, 5.74) is 8.16. The van der Waals surface area contributed by atoms with Gasteiger partial charge in [-0.15, -0.1) is 0 Å². The van der Waals surface area contributed by atoms with Crippen LogP contribution in [0.25, 0.3) is 0 Å². The first kappa shape index (κ1) is 17.8. The molecule has 0 saturated carbocycles. The largest absolute Gasteiger partial charge is 0.495 e. The Bertz CT molecular complexity index is 777. The van der Waals surface area contributed by atoms with Gasteiger partial charge >= 0.3 is 6.03 Å². The number of carbonyl (C=O) groups is 2. The van der Waals surface area contributed by atoms with Crippen molar-refractivity contribution >= 4 is 23.8 Å². The average Bonchev–Trinajstić information content (AvgIpc) is 2.61. The van der Waals surface area contributed by atoms with Gasteiger partial charge in [-0.1, -0.05) is 24.3 Å². The third kappa shape index (κ3) is 5.54. The zero-order chi connectivity index (χ0) is 18.1. The van der Waals surface area contributed by atoms with E-state index in [9.17, 15) is 9.59 Å².